The molecule has 21 heavy (non-hydrogen) atoms. The highest BCUT2D eigenvalue weighted by Gasteiger charge is 2.35. The third kappa shape index (κ3) is 3.75. The Kier molecular flexibility index (Phi) is 4.56. The Morgan fingerprint density at radius 2 is 1.90 bits per heavy atom. The van der Waals surface area contributed by atoms with Gasteiger partial charge < -0.3 is 4.74 Å². The van der Waals surface area contributed by atoms with Gasteiger partial charge in [-0.05, 0) is 23.6 Å². The fraction of sp³-hybridized carbons (Fsp3) is 0.533. The van der Waals surface area contributed by atoms with E-state index in [1.165, 1.54) is 19.2 Å². The number of carbonyl (C=O) groups excluding carboxylic acids is 1. The van der Waals surface area contributed by atoms with E-state index >= 15 is 0 Å². The summed E-state index contributed by atoms with van der Waals surface area (Å²) in [6, 6.07) is 5.15. The molecule has 6 heteroatoms. The zero-order valence-electron chi connectivity index (χ0n) is 12.0. The van der Waals surface area contributed by atoms with Gasteiger partial charge in [-0.1, -0.05) is 19.1 Å². The molecule has 1 aromatic carbocycles. The van der Waals surface area contributed by atoms with Gasteiger partial charge in [-0.15, -0.1) is 0 Å². The van der Waals surface area contributed by atoms with Crippen molar-refractivity contribution < 1.29 is 22.7 Å². The summed E-state index contributed by atoms with van der Waals surface area (Å²) in [4.78, 5) is 13.7. The number of nitrogens with zero attached hydrogens (tertiary/aromatic N) is 1. The van der Waals surface area contributed by atoms with E-state index in [1.807, 2.05) is 6.92 Å². The Labute approximate surface area is 121 Å². The zero-order chi connectivity index (χ0) is 15.6. The average Bonchev–Trinajstić information content (AvgIpc) is 2.78. The van der Waals surface area contributed by atoms with Gasteiger partial charge in [0.25, 0.3) is 0 Å². The Balaban J connectivity index is 1.98. The molecular formula is C15H18F3NO2. The second-order valence-corrected chi connectivity index (χ2v) is 5.50. The van der Waals surface area contributed by atoms with Gasteiger partial charge in [-0.2, -0.15) is 13.2 Å². The molecule has 116 valence electrons. The molecule has 0 bridgehead atoms. The van der Waals surface area contributed by atoms with Crippen LogP contribution in [-0.2, 0) is 22.3 Å². The molecule has 3 nitrogen and oxygen atoms in total. The third-order valence-electron chi connectivity index (χ3n) is 3.88. The van der Waals surface area contributed by atoms with Crippen molar-refractivity contribution in [3.63, 3.8) is 0 Å². The molecule has 1 heterocycles. The number of benzene rings is 1. The SMILES string of the molecule is COC(=O)C1CN(Cc2ccc(C(F)(F)F)cc2)CC1C. The van der Waals surface area contributed by atoms with E-state index in [4.69, 9.17) is 4.74 Å². The predicted molar refractivity (Wildman–Crippen MR) is 71.4 cm³/mol. The maximum Gasteiger partial charge on any atom is 0.416 e. The van der Waals surface area contributed by atoms with Gasteiger partial charge in [0.1, 0.15) is 0 Å². The van der Waals surface area contributed by atoms with E-state index < -0.39 is 11.7 Å². The van der Waals surface area contributed by atoms with E-state index in [-0.39, 0.29) is 17.8 Å². The van der Waals surface area contributed by atoms with Crippen molar-refractivity contribution in [2.75, 3.05) is 20.2 Å². The van der Waals surface area contributed by atoms with Crippen LogP contribution in [0.5, 0.6) is 0 Å². The number of hydrogen-bond donors (Lipinski definition) is 0. The molecule has 2 atom stereocenters. The van der Waals surface area contributed by atoms with Crippen molar-refractivity contribution >= 4 is 5.97 Å². The maximum absolute atomic E-state index is 12.5. The molecule has 1 aromatic rings. The summed E-state index contributed by atoms with van der Waals surface area (Å²) in [7, 11) is 1.37. The third-order valence-corrected chi connectivity index (χ3v) is 3.88. The first-order valence-electron chi connectivity index (χ1n) is 6.77. The minimum absolute atomic E-state index is 0.163. The van der Waals surface area contributed by atoms with E-state index in [0.717, 1.165) is 24.2 Å². The summed E-state index contributed by atoms with van der Waals surface area (Å²) in [6.45, 7) is 3.83. The van der Waals surface area contributed by atoms with Crippen LogP contribution in [0.4, 0.5) is 13.2 Å². The number of carbonyl (C=O) groups is 1. The molecule has 2 rings (SSSR count). The van der Waals surface area contributed by atoms with Gasteiger partial charge in [0, 0.05) is 19.6 Å². The van der Waals surface area contributed by atoms with Gasteiger partial charge >= 0.3 is 12.1 Å². The van der Waals surface area contributed by atoms with Crippen LogP contribution in [0.1, 0.15) is 18.1 Å². The highest BCUT2D eigenvalue weighted by molar-refractivity contribution is 5.73. The minimum atomic E-state index is -4.31. The molecule has 0 aliphatic carbocycles. The zero-order valence-corrected chi connectivity index (χ0v) is 12.0. The predicted octanol–water partition coefficient (Wildman–Crippen LogP) is 2.95. The van der Waals surface area contributed by atoms with Gasteiger partial charge in [0.2, 0.25) is 0 Å². The topological polar surface area (TPSA) is 29.5 Å². The normalized spacial score (nSPS) is 23.3. The average molecular weight is 301 g/mol. The molecule has 0 radical (unpaired) electrons. The number of alkyl halides is 3. The first-order chi connectivity index (χ1) is 9.81. The van der Waals surface area contributed by atoms with Crippen LogP contribution in [0.15, 0.2) is 24.3 Å². The van der Waals surface area contributed by atoms with E-state index in [0.29, 0.717) is 13.1 Å². The van der Waals surface area contributed by atoms with Crippen LogP contribution < -0.4 is 0 Å². The van der Waals surface area contributed by atoms with Crippen molar-refractivity contribution in [2.45, 2.75) is 19.6 Å². The maximum atomic E-state index is 12.5. The molecule has 0 spiro atoms. The molecule has 0 aromatic heterocycles. The number of esters is 1. The highest BCUT2D eigenvalue weighted by Crippen LogP contribution is 2.30. The van der Waals surface area contributed by atoms with Gasteiger partial charge in [0.15, 0.2) is 0 Å². The number of rotatable bonds is 3. The number of halogens is 3. The van der Waals surface area contributed by atoms with E-state index in [2.05, 4.69) is 4.90 Å². The largest absolute Gasteiger partial charge is 0.469 e. The van der Waals surface area contributed by atoms with Crippen molar-refractivity contribution in [1.29, 1.82) is 0 Å². The van der Waals surface area contributed by atoms with Crippen molar-refractivity contribution in [3.8, 4) is 0 Å². The number of methoxy groups -OCH3 is 1. The standard InChI is InChI=1S/C15H18F3NO2/c1-10-7-19(9-13(10)14(20)21-2)8-11-3-5-12(6-4-11)15(16,17)18/h3-6,10,13H,7-9H2,1-2H3. The molecule has 1 aliphatic rings. The summed E-state index contributed by atoms with van der Waals surface area (Å²) >= 11 is 0. The molecule has 1 aliphatic heterocycles. The van der Waals surface area contributed by atoms with E-state index in [9.17, 15) is 18.0 Å². The van der Waals surface area contributed by atoms with Gasteiger partial charge in [0.05, 0.1) is 18.6 Å². The van der Waals surface area contributed by atoms with Crippen LogP contribution in [0, 0.1) is 11.8 Å². The lowest BCUT2D eigenvalue weighted by molar-refractivity contribution is -0.146. The smallest absolute Gasteiger partial charge is 0.416 e. The second kappa shape index (κ2) is 6.05. The van der Waals surface area contributed by atoms with Crippen molar-refractivity contribution in [3.05, 3.63) is 35.4 Å². The fourth-order valence-corrected chi connectivity index (χ4v) is 2.71. The molecular weight excluding hydrogens is 283 g/mol. The lowest BCUT2D eigenvalue weighted by Gasteiger charge is -2.16. The first-order valence-corrected chi connectivity index (χ1v) is 6.77. The highest BCUT2D eigenvalue weighted by atomic mass is 19.4. The summed E-state index contributed by atoms with van der Waals surface area (Å²) in [5, 5.41) is 0. The fourth-order valence-electron chi connectivity index (χ4n) is 2.71. The first kappa shape index (κ1) is 15.8. The molecule has 1 fully saturated rings. The van der Waals surface area contributed by atoms with Crippen LogP contribution in [0.3, 0.4) is 0 Å². The van der Waals surface area contributed by atoms with Crippen LogP contribution >= 0.6 is 0 Å². The second-order valence-electron chi connectivity index (χ2n) is 5.50. The number of ether oxygens (including phenoxy) is 1. The summed E-state index contributed by atoms with van der Waals surface area (Å²) < 4.78 is 42.2. The van der Waals surface area contributed by atoms with Crippen LogP contribution in [0.25, 0.3) is 0 Å². The summed E-state index contributed by atoms with van der Waals surface area (Å²) in [5.74, 6) is -0.200. The van der Waals surface area contributed by atoms with Gasteiger partial charge in [-0.25, -0.2) is 0 Å². The van der Waals surface area contributed by atoms with Gasteiger partial charge in [-0.3, -0.25) is 9.69 Å². The molecule has 0 amide bonds. The Hall–Kier alpha value is -1.56. The monoisotopic (exact) mass is 301 g/mol. The minimum Gasteiger partial charge on any atom is -0.469 e. The summed E-state index contributed by atoms with van der Waals surface area (Å²) in [6.07, 6.45) is -4.31. The Morgan fingerprint density at radius 1 is 1.29 bits per heavy atom. The van der Waals surface area contributed by atoms with Crippen LogP contribution in [-0.4, -0.2) is 31.1 Å². The molecule has 0 N–H and O–H groups in total. The molecule has 1 saturated heterocycles. The number of hydrogen-bond acceptors (Lipinski definition) is 3. The van der Waals surface area contributed by atoms with Crippen LogP contribution in [0.2, 0.25) is 0 Å². The van der Waals surface area contributed by atoms with Crippen molar-refractivity contribution in [1.82, 2.24) is 4.90 Å². The Bertz CT molecular complexity index is 499. The molecule has 2 unspecified atom stereocenters. The lowest BCUT2D eigenvalue weighted by Crippen LogP contribution is -2.24. The quantitative estimate of drug-likeness (QED) is 0.804. The van der Waals surface area contributed by atoms with Crippen molar-refractivity contribution in [2.24, 2.45) is 11.8 Å². The number of likely N-dealkylation sites (tertiary alicyclic amines) is 1. The molecule has 0 saturated carbocycles. The van der Waals surface area contributed by atoms with E-state index in [1.54, 1.807) is 0 Å². The lowest BCUT2D eigenvalue weighted by atomic mass is 9.99. The Morgan fingerprint density at radius 3 is 2.43 bits per heavy atom. The summed E-state index contributed by atoms with van der Waals surface area (Å²) in [5.41, 5.74) is 0.161.